The molecule has 0 aliphatic heterocycles. The number of nitrogens with one attached hydrogen (secondary N) is 2. The predicted molar refractivity (Wildman–Crippen MR) is 119 cm³/mol. The normalized spacial score (nSPS) is 11.0. The van der Waals surface area contributed by atoms with Gasteiger partial charge < -0.3 is 29.7 Å². The largest absolute Gasteiger partial charge is 0.493 e. The maximum Gasteiger partial charge on any atom is 0.203 e. The molecule has 29 heavy (non-hydrogen) atoms. The van der Waals surface area contributed by atoms with Gasteiger partial charge in [0.25, 0.3) is 0 Å². The molecule has 2 aromatic carbocycles. The van der Waals surface area contributed by atoms with E-state index in [2.05, 4.69) is 44.8 Å². The first-order valence-electron chi connectivity index (χ1n) is 9.59. The molecule has 0 heterocycles. The van der Waals surface area contributed by atoms with E-state index >= 15 is 0 Å². The van der Waals surface area contributed by atoms with Crippen molar-refractivity contribution in [2.24, 2.45) is 4.99 Å². The van der Waals surface area contributed by atoms with Crippen molar-refractivity contribution in [3.8, 4) is 17.2 Å². The topological polar surface area (TPSA) is 67.4 Å². The fraction of sp³-hybridized carbons (Fsp3) is 0.409. The molecule has 7 nitrogen and oxygen atoms in total. The van der Waals surface area contributed by atoms with Crippen molar-refractivity contribution in [2.75, 3.05) is 46.9 Å². The lowest BCUT2D eigenvalue weighted by molar-refractivity contribution is 0.324. The molecule has 158 valence electrons. The number of aliphatic imine (C=N–C) groups is 1. The van der Waals surface area contributed by atoms with Crippen LogP contribution in [0.2, 0.25) is 0 Å². The zero-order valence-electron chi connectivity index (χ0n) is 18.2. The van der Waals surface area contributed by atoms with Crippen LogP contribution in [0.4, 0.5) is 5.69 Å². The summed E-state index contributed by atoms with van der Waals surface area (Å²) in [7, 11) is 8.88. The first-order chi connectivity index (χ1) is 14.0. The monoisotopic (exact) mass is 400 g/mol. The van der Waals surface area contributed by atoms with Crippen LogP contribution in [-0.4, -0.2) is 47.9 Å². The molecule has 0 spiro atoms. The lowest BCUT2D eigenvalue weighted by atomic mass is 10.2. The fourth-order valence-corrected chi connectivity index (χ4v) is 2.84. The highest BCUT2D eigenvalue weighted by atomic mass is 16.5. The summed E-state index contributed by atoms with van der Waals surface area (Å²) < 4.78 is 16.2. The Morgan fingerprint density at radius 1 is 0.897 bits per heavy atom. The lowest BCUT2D eigenvalue weighted by Crippen LogP contribution is -2.36. The van der Waals surface area contributed by atoms with Crippen molar-refractivity contribution < 1.29 is 14.2 Å². The van der Waals surface area contributed by atoms with E-state index in [1.54, 1.807) is 21.3 Å². The van der Waals surface area contributed by atoms with Crippen LogP contribution in [0.25, 0.3) is 0 Å². The molecule has 2 rings (SSSR count). The van der Waals surface area contributed by atoms with Gasteiger partial charge in [-0.1, -0.05) is 12.1 Å². The number of anilines is 1. The summed E-state index contributed by atoms with van der Waals surface area (Å²) >= 11 is 0. The van der Waals surface area contributed by atoms with Crippen molar-refractivity contribution >= 4 is 11.6 Å². The van der Waals surface area contributed by atoms with Crippen LogP contribution in [0.3, 0.4) is 0 Å². The zero-order valence-corrected chi connectivity index (χ0v) is 18.2. The number of ether oxygens (including phenoxy) is 3. The molecular formula is C22H32N4O3. The average Bonchev–Trinajstić information content (AvgIpc) is 2.74. The number of nitrogens with zero attached hydrogens (tertiary/aromatic N) is 2. The van der Waals surface area contributed by atoms with E-state index in [4.69, 9.17) is 14.2 Å². The Balaban J connectivity index is 2.10. The van der Waals surface area contributed by atoms with Gasteiger partial charge in [-0.05, 0) is 42.3 Å². The summed E-state index contributed by atoms with van der Waals surface area (Å²) in [4.78, 5) is 6.77. The van der Waals surface area contributed by atoms with Gasteiger partial charge in [-0.3, -0.25) is 0 Å². The van der Waals surface area contributed by atoms with Crippen LogP contribution < -0.4 is 29.7 Å². The molecule has 2 N–H and O–H groups in total. The molecule has 2 aromatic rings. The van der Waals surface area contributed by atoms with Gasteiger partial charge in [0, 0.05) is 32.9 Å². The minimum absolute atomic E-state index is 0.478. The summed E-state index contributed by atoms with van der Waals surface area (Å²) in [6, 6.07) is 12.3. The molecule has 0 aromatic heterocycles. The van der Waals surface area contributed by atoms with E-state index in [1.165, 1.54) is 11.3 Å². The van der Waals surface area contributed by atoms with E-state index in [-0.39, 0.29) is 0 Å². The molecule has 0 bridgehead atoms. The molecule has 0 atom stereocenters. The summed E-state index contributed by atoms with van der Waals surface area (Å²) in [5, 5.41) is 6.65. The second-order valence-electron chi connectivity index (χ2n) is 6.64. The predicted octanol–water partition coefficient (Wildman–Crippen LogP) is 3.03. The fourth-order valence-electron chi connectivity index (χ4n) is 2.84. The quantitative estimate of drug-likeness (QED) is 0.498. The molecule has 0 aliphatic rings. The van der Waals surface area contributed by atoms with Crippen molar-refractivity contribution in [1.29, 1.82) is 0 Å². The molecule has 0 saturated carbocycles. The third kappa shape index (κ3) is 6.20. The molecule has 0 fully saturated rings. The molecule has 7 heteroatoms. The second-order valence-corrected chi connectivity index (χ2v) is 6.64. The van der Waals surface area contributed by atoms with Gasteiger partial charge in [0.15, 0.2) is 17.5 Å². The Morgan fingerprint density at radius 2 is 1.52 bits per heavy atom. The van der Waals surface area contributed by atoms with Gasteiger partial charge in [0.05, 0.1) is 27.9 Å². The number of benzene rings is 2. The Bertz CT molecular complexity index is 779. The summed E-state index contributed by atoms with van der Waals surface area (Å²) in [6.45, 7) is 3.99. The van der Waals surface area contributed by atoms with Crippen molar-refractivity contribution in [2.45, 2.75) is 20.0 Å². The van der Waals surface area contributed by atoms with Crippen molar-refractivity contribution in [3.63, 3.8) is 0 Å². The highest BCUT2D eigenvalue weighted by Gasteiger charge is 2.13. The minimum atomic E-state index is 0.478. The molecule has 0 radical (unpaired) electrons. The summed E-state index contributed by atoms with van der Waals surface area (Å²) in [6.07, 6.45) is 0. The number of methoxy groups -OCH3 is 3. The van der Waals surface area contributed by atoms with Crippen LogP contribution in [0.5, 0.6) is 17.2 Å². The van der Waals surface area contributed by atoms with Gasteiger partial charge in [-0.25, -0.2) is 4.99 Å². The Hall–Kier alpha value is -3.09. The zero-order chi connectivity index (χ0) is 21.2. The SMILES string of the molecule is CCNC(=NCc1cc(OC)c(OC)c(OC)c1)NCc1ccc(N(C)C)cc1. The second kappa shape index (κ2) is 11.0. The Morgan fingerprint density at radius 3 is 2.00 bits per heavy atom. The average molecular weight is 401 g/mol. The molecule has 0 unspecified atom stereocenters. The maximum atomic E-state index is 5.42. The van der Waals surface area contributed by atoms with Gasteiger partial charge in [-0.15, -0.1) is 0 Å². The van der Waals surface area contributed by atoms with Crippen molar-refractivity contribution in [3.05, 3.63) is 47.5 Å². The third-order valence-corrected chi connectivity index (χ3v) is 4.40. The van der Waals surface area contributed by atoms with E-state index in [9.17, 15) is 0 Å². The molecular weight excluding hydrogens is 368 g/mol. The van der Waals surface area contributed by atoms with Gasteiger partial charge in [0.2, 0.25) is 5.75 Å². The maximum absolute atomic E-state index is 5.42. The smallest absolute Gasteiger partial charge is 0.203 e. The number of guanidine groups is 1. The first kappa shape index (κ1) is 22.2. The van der Waals surface area contributed by atoms with E-state index < -0.39 is 0 Å². The summed E-state index contributed by atoms with van der Waals surface area (Å²) in [5.41, 5.74) is 3.33. The van der Waals surface area contributed by atoms with Gasteiger partial charge >= 0.3 is 0 Å². The number of hydrogen-bond donors (Lipinski definition) is 2. The van der Waals surface area contributed by atoms with Crippen LogP contribution in [-0.2, 0) is 13.1 Å². The third-order valence-electron chi connectivity index (χ3n) is 4.40. The van der Waals surface area contributed by atoms with E-state index in [0.717, 1.165) is 18.1 Å². The van der Waals surface area contributed by atoms with Gasteiger partial charge in [-0.2, -0.15) is 0 Å². The van der Waals surface area contributed by atoms with Gasteiger partial charge in [0.1, 0.15) is 0 Å². The van der Waals surface area contributed by atoms with Crippen LogP contribution in [0.1, 0.15) is 18.1 Å². The number of hydrogen-bond acceptors (Lipinski definition) is 5. The van der Waals surface area contributed by atoms with Crippen molar-refractivity contribution in [1.82, 2.24) is 10.6 Å². The molecule has 0 saturated heterocycles. The highest BCUT2D eigenvalue weighted by Crippen LogP contribution is 2.38. The van der Waals surface area contributed by atoms with Crippen LogP contribution >= 0.6 is 0 Å². The molecule has 0 aliphatic carbocycles. The summed E-state index contributed by atoms with van der Waals surface area (Å²) in [5.74, 6) is 2.57. The Kier molecular flexibility index (Phi) is 8.45. The standard InChI is InChI=1S/C22H32N4O3/c1-7-23-22(24-14-16-8-10-18(11-9-16)26(2)3)25-15-17-12-19(27-4)21(29-6)20(13-17)28-5/h8-13H,7,14-15H2,1-6H3,(H2,23,24,25). The van der Waals surface area contributed by atoms with E-state index in [1.807, 2.05) is 33.2 Å². The number of rotatable bonds is 9. The Labute approximate surface area is 173 Å². The highest BCUT2D eigenvalue weighted by molar-refractivity contribution is 5.79. The lowest BCUT2D eigenvalue weighted by Gasteiger charge is -2.15. The van der Waals surface area contributed by atoms with Crippen LogP contribution in [0, 0.1) is 0 Å². The molecule has 0 amide bonds. The first-order valence-corrected chi connectivity index (χ1v) is 9.59. The van der Waals surface area contributed by atoms with Crippen LogP contribution in [0.15, 0.2) is 41.4 Å². The van der Waals surface area contributed by atoms with E-state index in [0.29, 0.717) is 30.3 Å². The minimum Gasteiger partial charge on any atom is -0.493 e.